The fourth-order valence-electron chi connectivity index (χ4n) is 2.37. The summed E-state index contributed by atoms with van der Waals surface area (Å²) >= 11 is 0. The molecule has 1 N–H and O–H groups in total. The third kappa shape index (κ3) is 4.43. The third-order valence-corrected chi connectivity index (χ3v) is 4.77. The van der Waals surface area contributed by atoms with E-state index in [1.165, 1.54) is 18.4 Å². The molecule has 4 nitrogen and oxygen atoms in total. The second-order valence-electron chi connectivity index (χ2n) is 5.19. The summed E-state index contributed by atoms with van der Waals surface area (Å²) in [6.45, 7) is 2.17. The van der Waals surface area contributed by atoms with E-state index in [0.717, 1.165) is 31.4 Å². The van der Waals surface area contributed by atoms with Crippen LogP contribution in [0.2, 0.25) is 0 Å². The van der Waals surface area contributed by atoms with Crippen LogP contribution in [0.4, 0.5) is 0 Å². The lowest BCUT2D eigenvalue weighted by molar-refractivity contribution is 0.584. The molecule has 5 heteroatoms. The van der Waals surface area contributed by atoms with Gasteiger partial charge in [-0.2, -0.15) is 18.4 Å². The van der Waals surface area contributed by atoms with Crippen LogP contribution >= 0.6 is 0 Å². The lowest BCUT2D eigenvalue weighted by Gasteiger charge is -2.07. The van der Waals surface area contributed by atoms with Gasteiger partial charge in [-0.15, -0.1) is 0 Å². The van der Waals surface area contributed by atoms with Crippen LogP contribution in [0.25, 0.3) is 0 Å². The first-order valence-corrected chi connectivity index (χ1v) is 8.94. The van der Waals surface area contributed by atoms with E-state index in [9.17, 15) is 8.42 Å². The largest absolute Gasteiger partial charge is 0.276 e. The number of sulfonamides is 1. The summed E-state index contributed by atoms with van der Waals surface area (Å²) in [6, 6.07) is 8.32. The van der Waals surface area contributed by atoms with Crippen LogP contribution in [0.5, 0.6) is 0 Å². The number of rotatable bonds is 7. The van der Waals surface area contributed by atoms with Gasteiger partial charge in [-0.25, -0.2) is 0 Å². The zero-order chi connectivity index (χ0) is 15.1. The Morgan fingerprint density at radius 2 is 1.95 bits per heavy atom. The van der Waals surface area contributed by atoms with Crippen molar-refractivity contribution in [3.05, 3.63) is 42.0 Å². The van der Waals surface area contributed by atoms with Gasteiger partial charge in [-0.05, 0) is 43.4 Å². The first-order valence-electron chi connectivity index (χ1n) is 7.46. The standard InChI is InChI=1S/C16H22N2O2S/c1-2-3-5-9-14-10-8-13-16(14)17-18-21(19,20)15-11-6-4-7-12-15/h4,6-7,10-12,18H,2-3,5,8-9,13H2,1H3/b17-16+. The second-order valence-corrected chi connectivity index (χ2v) is 6.85. The predicted octanol–water partition coefficient (Wildman–Crippen LogP) is 3.62. The predicted molar refractivity (Wildman–Crippen MR) is 85.7 cm³/mol. The molecule has 1 aliphatic carbocycles. The van der Waals surface area contributed by atoms with Crippen LogP contribution in [0.15, 0.2) is 52.0 Å². The molecule has 0 radical (unpaired) electrons. The molecule has 21 heavy (non-hydrogen) atoms. The summed E-state index contributed by atoms with van der Waals surface area (Å²) in [5.41, 5.74) is 2.07. The Hall–Kier alpha value is -1.62. The minimum absolute atomic E-state index is 0.240. The minimum atomic E-state index is -3.56. The van der Waals surface area contributed by atoms with E-state index in [1.807, 2.05) is 0 Å². The van der Waals surface area contributed by atoms with Gasteiger partial charge >= 0.3 is 0 Å². The Kier molecular flexibility index (Phi) is 5.56. The van der Waals surface area contributed by atoms with Crippen LogP contribution in [0, 0.1) is 0 Å². The Balaban J connectivity index is 2.02. The van der Waals surface area contributed by atoms with Crippen molar-refractivity contribution in [2.45, 2.75) is 50.3 Å². The molecule has 0 unspecified atom stereocenters. The van der Waals surface area contributed by atoms with Crippen molar-refractivity contribution in [3.8, 4) is 0 Å². The van der Waals surface area contributed by atoms with E-state index in [0.29, 0.717) is 0 Å². The first-order chi connectivity index (χ1) is 10.1. The van der Waals surface area contributed by atoms with Crippen LogP contribution in [-0.2, 0) is 10.0 Å². The molecule has 0 heterocycles. The molecule has 0 saturated carbocycles. The summed E-state index contributed by atoms with van der Waals surface area (Å²) in [4.78, 5) is 2.60. The van der Waals surface area contributed by atoms with E-state index < -0.39 is 10.0 Å². The van der Waals surface area contributed by atoms with E-state index >= 15 is 0 Å². The summed E-state index contributed by atoms with van der Waals surface area (Å²) in [6.07, 6.45) is 8.44. The highest BCUT2D eigenvalue weighted by atomic mass is 32.2. The van der Waals surface area contributed by atoms with E-state index in [1.54, 1.807) is 30.3 Å². The average Bonchev–Trinajstić information content (AvgIpc) is 2.94. The quantitative estimate of drug-likeness (QED) is 0.618. The van der Waals surface area contributed by atoms with Gasteiger partial charge in [0.2, 0.25) is 0 Å². The zero-order valence-corrected chi connectivity index (χ0v) is 13.2. The van der Waals surface area contributed by atoms with Crippen LogP contribution in [0.3, 0.4) is 0 Å². The van der Waals surface area contributed by atoms with Gasteiger partial charge in [0, 0.05) is 0 Å². The first kappa shape index (κ1) is 15.8. The number of nitrogens with one attached hydrogen (secondary N) is 1. The molecule has 1 aliphatic rings. The Bertz CT molecular complexity index is 619. The topological polar surface area (TPSA) is 58.5 Å². The highest BCUT2D eigenvalue weighted by Gasteiger charge is 2.16. The molecule has 1 aromatic carbocycles. The van der Waals surface area contributed by atoms with Crippen LogP contribution < -0.4 is 4.83 Å². The summed E-state index contributed by atoms with van der Waals surface area (Å²) in [7, 11) is -3.56. The normalized spacial score (nSPS) is 17.0. The average molecular weight is 306 g/mol. The Morgan fingerprint density at radius 1 is 1.19 bits per heavy atom. The van der Waals surface area contributed by atoms with Gasteiger partial charge in [0.15, 0.2) is 0 Å². The van der Waals surface area contributed by atoms with Gasteiger partial charge in [-0.3, -0.25) is 0 Å². The van der Waals surface area contributed by atoms with Crippen LogP contribution in [0.1, 0.15) is 45.4 Å². The number of unbranched alkanes of at least 4 members (excludes halogenated alkanes) is 2. The zero-order valence-electron chi connectivity index (χ0n) is 12.4. The van der Waals surface area contributed by atoms with Crippen molar-refractivity contribution in [2.75, 3.05) is 0 Å². The molecule has 0 bridgehead atoms. The second kappa shape index (κ2) is 7.41. The molecule has 114 valence electrons. The molecule has 0 atom stereocenters. The van der Waals surface area contributed by atoms with Gasteiger partial charge in [0.1, 0.15) is 0 Å². The molecular formula is C16H22N2O2S. The summed E-state index contributed by atoms with van der Waals surface area (Å²) in [5, 5.41) is 4.14. The summed E-state index contributed by atoms with van der Waals surface area (Å²) < 4.78 is 24.2. The molecular weight excluding hydrogens is 284 g/mol. The third-order valence-electron chi connectivity index (χ3n) is 3.55. The van der Waals surface area contributed by atoms with Crippen molar-refractivity contribution in [1.29, 1.82) is 0 Å². The lowest BCUT2D eigenvalue weighted by atomic mass is 10.1. The molecule has 0 aliphatic heterocycles. The molecule has 0 saturated heterocycles. The van der Waals surface area contributed by atoms with E-state index in [-0.39, 0.29) is 4.90 Å². The van der Waals surface area contributed by atoms with Crippen LogP contribution in [-0.4, -0.2) is 14.1 Å². The van der Waals surface area contributed by atoms with Crippen molar-refractivity contribution < 1.29 is 8.42 Å². The van der Waals surface area contributed by atoms with E-state index in [2.05, 4.69) is 22.9 Å². The summed E-state index contributed by atoms with van der Waals surface area (Å²) in [5.74, 6) is 0. The van der Waals surface area contributed by atoms with Crippen molar-refractivity contribution in [1.82, 2.24) is 4.83 Å². The smallest absolute Gasteiger partial charge is 0.200 e. The lowest BCUT2D eigenvalue weighted by Crippen LogP contribution is -2.20. The number of nitrogens with zero attached hydrogens (tertiary/aromatic N) is 1. The number of allylic oxidation sites excluding steroid dienone is 2. The van der Waals surface area contributed by atoms with E-state index in [4.69, 9.17) is 0 Å². The van der Waals surface area contributed by atoms with Crippen molar-refractivity contribution >= 4 is 15.7 Å². The van der Waals surface area contributed by atoms with Gasteiger partial charge in [-0.1, -0.05) is 44.0 Å². The van der Waals surface area contributed by atoms with Gasteiger partial charge < -0.3 is 0 Å². The SMILES string of the molecule is CCCCCC1=CCC/C1=N\NS(=O)(=O)c1ccccc1. The number of hydrogen-bond acceptors (Lipinski definition) is 3. The highest BCUT2D eigenvalue weighted by molar-refractivity contribution is 7.89. The van der Waals surface area contributed by atoms with Crippen molar-refractivity contribution in [2.24, 2.45) is 5.10 Å². The number of benzene rings is 1. The molecule has 0 fully saturated rings. The molecule has 0 aromatic heterocycles. The fourth-order valence-corrected chi connectivity index (χ4v) is 3.22. The number of hydrogen-bond donors (Lipinski definition) is 1. The molecule has 2 rings (SSSR count). The highest BCUT2D eigenvalue weighted by Crippen LogP contribution is 2.21. The van der Waals surface area contributed by atoms with Crippen molar-refractivity contribution in [3.63, 3.8) is 0 Å². The monoisotopic (exact) mass is 306 g/mol. The minimum Gasteiger partial charge on any atom is -0.200 e. The molecule has 0 spiro atoms. The maximum atomic E-state index is 12.1. The Labute approximate surface area is 127 Å². The fraction of sp³-hybridized carbons (Fsp3) is 0.438. The number of hydrazone groups is 1. The van der Waals surface area contributed by atoms with Gasteiger partial charge in [0.05, 0.1) is 10.6 Å². The molecule has 0 amide bonds. The Morgan fingerprint density at radius 3 is 2.67 bits per heavy atom. The maximum Gasteiger partial charge on any atom is 0.276 e. The maximum absolute atomic E-state index is 12.1. The van der Waals surface area contributed by atoms with Gasteiger partial charge in [0.25, 0.3) is 10.0 Å². The molecule has 1 aromatic rings.